The van der Waals surface area contributed by atoms with Crippen molar-refractivity contribution in [3.63, 3.8) is 0 Å². The van der Waals surface area contributed by atoms with Gasteiger partial charge in [-0.25, -0.2) is 0 Å². The average molecular weight is 256 g/mol. The SMILES string of the molecule is CCC(=O)Oc1ccc(C)c(O)c1-c1ccccc1. The highest BCUT2D eigenvalue weighted by Crippen LogP contribution is 2.39. The van der Waals surface area contributed by atoms with E-state index < -0.39 is 0 Å². The Kier molecular flexibility index (Phi) is 3.85. The van der Waals surface area contributed by atoms with Crippen LogP contribution in [0, 0.1) is 6.92 Å². The van der Waals surface area contributed by atoms with Crippen molar-refractivity contribution in [2.75, 3.05) is 0 Å². The topological polar surface area (TPSA) is 46.5 Å². The Morgan fingerprint density at radius 3 is 2.47 bits per heavy atom. The predicted octanol–water partition coefficient (Wildman–Crippen LogP) is 3.68. The number of phenols is 1. The van der Waals surface area contributed by atoms with Crippen LogP contribution in [-0.2, 0) is 4.79 Å². The largest absolute Gasteiger partial charge is 0.507 e. The van der Waals surface area contributed by atoms with E-state index in [9.17, 15) is 9.90 Å². The lowest BCUT2D eigenvalue weighted by atomic mass is 10.0. The highest BCUT2D eigenvalue weighted by molar-refractivity contribution is 5.82. The first kappa shape index (κ1) is 13.1. The molecule has 0 fully saturated rings. The van der Waals surface area contributed by atoms with Gasteiger partial charge in [-0.15, -0.1) is 0 Å². The van der Waals surface area contributed by atoms with Crippen LogP contribution in [0.15, 0.2) is 42.5 Å². The van der Waals surface area contributed by atoms with Crippen LogP contribution in [0.25, 0.3) is 11.1 Å². The molecule has 98 valence electrons. The van der Waals surface area contributed by atoms with Crippen LogP contribution in [0.4, 0.5) is 0 Å². The molecule has 2 aromatic carbocycles. The molecule has 3 nitrogen and oxygen atoms in total. The number of rotatable bonds is 3. The van der Waals surface area contributed by atoms with Gasteiger partial charge in [0.1, 0.15) is 11.5 Å². The van der Waals surface area contributed by atoms with Gasteiger partial charge in [-0.2, -0.15) is 0 Å². The van der Waals surface area contributed by atoms with E-state index in [0.29, 0.717) is 17.7 Å². The van der Waals surface area contributed by atoms with Crippen molar-refractivity contribution in [3.05, 3.63) is 48.0 Å². The van der Waals surface area contributed by atoms with Crippen LogP contribution in [0.5, 0.6) is 11.5 Å². The fourth-order valence-corrected chi connectivity index (χ4v) is 1.84. The molecule has 19 heavy (non-hydrogen) atoms. The normalized spacial score (nSPS) is 10.2. The first-order chi connectivity index (χ1) is 9.13. The van der Waals surface area contributed by atoms with E-state index in [1.54, 1.807) is 19.1 Å². The molecule has 0 unspecified atom stereocenters. The van der Waals surface area contributed by atoms with Gasteiger partial charge in [0.15, 0.2) is 0 Å². The number of carbonyl (C=O) groups excluding carboxylic acids is 1. The molecule has 0 aromatic heterocycles. The van der Waals surface area contributed by atoms with Gasteiger partial charge in [-0.05, 0) is 24.1 Å². The van der Waals surface area contributed by atoms with E-state index in [1.165, 1.54) is 0 Å². The maximum absolute atomic E-state index is 11.5. The Balaban J connectivity index is 2.56. The number of aromatic hydroxyl groups is 1. The molecule has 0 saturated heterocycles. The number of ether oxygens (including phenoxy) is 1. The minimum absolute atomic E-state index is 0.146. The van der Waals surface area contributed by atoms with E-state index >= 15 is 0 Å². The lowest BCUT2D eigenvalue weighted by molar-refractivity contribution is -0.133. The van der Waals surface area contributed by atoms with Crippen molar-refractivity contribution in [2.24, 2.45) is 0 Å². The van der Waals surface area contributed by atoms with Gasteiger partial charge in [-0.1, -0.05) is 43.3 Å². The molecular weight excluding hydrogens is 240 g/mol. The van der Waals surface area contributed by atoms with E-state index in [-0.39, 0.29) is 11.7 Å². The second-order valence-electron chi connectivity index (χ2n) is 4.30. The first-order valence-electron chi connectivity index (χ1n) is 6.22. The number of hydrogen-bond donors (Lipinski definition) is 1. The third-order valence-electron chi connectivity index (χ3n) is 2.92. The molecule has 2 aromatic rings. The standard InChI is InChI=1S/C16H16O3/c1-3-14(17)19-13-10-9-11(2)16(18)15(13)12-7-5-4-6-8-12/h4-10,18H,3H2,1-2H3. The minimum Gasteiger partial charge on any atom is -0.507 e. The summed E-state index contributed by atoms with van der Waals surface area (Å²) in [6, 6.07) is 12.8. The minimum atomic E-state index is -0.319. The smallest absolute Gasteiger partial charge is 0.310 e. The average Bonchev–Trinajstić information content (AvgIpc) is 2.44. The second-order valence-corrected chi connectivity index (χ2v) is 4.30. The van der Waals surface area contributed by atoms with Crippen LogP contribution in [0.1, 0.15) is 18.9 Å². The zero-order chi connectivity index (χ0) is 13.8. The summed E-state index contributed by atoms with van der Waals surface area (Å²) in [5.41, 5.74) is 2.13. The predicted molar refractivity (Wildman–Crippen MR) is 74.2 cm³/mol. The quantitative estimate of drug-likeness (QED) is 0.673. The number of hydrogen-bond acceptors (Lipinski definition) is 3. The molecule has 0 amide bonds. The van der Waals surface area contributed by atoms with Crippen molar-refractivity contribution in [1.29, 1.82) is 0 Å². The van der Waals surface area contributed by atoms with Crippen molar-refractivity contribution < 1.29 is 14.6 Å². The second kappa shape index (κ2) is 5.57. The number of esters is 1. The summed E-state index contributed by atoms with van der Waals surface area (Å²) in [5, 5.41) is 10.2. The molecule has 1 N–H and O–H groups in total. The van der Waals surface area contributed by atoms with Crippen molar-refractivity contribution >= 4 is 5.97 Å². The molecule has 0 aliphatic heterocycles. The lowest BCUT2D eigenvalue weighted by Gasteiger charge is -2.13. The molecule has 0 heterocycles. The Hall–Kier alpha value is -2.29. The van der Waals surface area contributed by atoms with Gasteiger partial charge >= 0.3 is 5.97 Å². The van der Waals surface area contributed by atoms with E-state index in [0.717, 1.165) is 11.1 Å². The molecule has 0 atom stereocenters. The Morgan fingerprint density at radius 2 is 1.84 bits per heavy atom. The molecule has 0 radical (unpaired) electrons. The fourth-order valence-electron chi connectivity index (χ4n) is 1.84. The van der Waals surface area contributed by atoms with Gasteiger partial charge in [-0.3, -0.25) is 4.79 Å². The van der Waals surface area contributed by atoms with Crippen molar-refractivity contribution in [2.45, 2.75) is 20.3 Å². The third kappa shape index (κ3) is 2.76. The lowest BCUT2D eigenvalue weighted by Crippen LogP contribution is -2.06. The van der Waals surface area contributed by atoms with E-state index in [4.69, 9.17) is 4.74 Å². The third-order valence-corrected chi connectivity index (χ3v) is 2.92. The Bertz CT molecular complexity index is 588. The number of benzene rings is 2. The molecule has 3 heteroatoms. The summed E-state index contributed by atoms with van der Waals surface area (Å²) in [6.45, 7) is 3.55. The molecular formula is C16H16O3. The number of phenolic OH excluding ortho intramolecular Hbond substituents is 1. The molecule has 0 bridgehead atoms. The Morgan fingerprint density at radius 1 is 1.16 bits per heavy atom. The van der Waals surface area contributed by atoms with E-state index in [2.05, 4.69) is 0 Å². The molecule has 0 spiro atoms. The highest BCUT2D eigenvalue weighted by Gasteiger charge is 2.15. The van der Waals surface area contributed by atoms with Crippen LogP contribution in [0.3, 0.4) is 0 Å². The monoisotopic (exact) mass is 256 g/mol. The highest BCUT2D eigenvalue weighted by atomic mass is 16.5. The van der Waals surface area contributed by atoms with Crippen molar-refractivity contribution in [3.8, 4) is 22.6 Å². The van der Waals surface area contributed by atoms with Gasteiger partial charge in [0.2, 0.25) is 0 Å². The van der Waals surface area contributed by atoms with Crippen molar-refractivity contribution in [1.82, 2.24) is 0 Å². The summed E-state index contributed by atoms with van der Waals surface area (Å²) >= 11 is 0. The number of aryl methyl sites for hydroxylation is 1. The zero-order valence-electron chi connectivity index (χ0n) is 11.0. The summed E-state index contributed by atoms with van der Waals surface area (Å²) in [4.78, 5) is 11.5. The van der Waals surface area contributed by atoms with E-state index in [1.807, 2.05) is 37.3 Å². The van der Waals surface area contributed by atoms with Crippen LogP contribution < -0.4 is 4.74 Å². The first-order valence-corrected chi connectivity index (χ1v) is 6.22. The molecule has 0 aliphatic carbocycles. The van der Waals surface area contributed by atoms with Gasteiger partial charge in [0.05, 0.1) is 5.56 Å². The fraction of sp³-hybridized carbons (Fsp3) is 0.188. The summed E-state index contributed by atoms with van der Waals surface area (Å²) < 4.78 is 5.29. The summed E-state index contributed by atoms with van der Waals surface area (Å²) in [7, 11) is 0. The Labute approximate surface area is 112 Å². The van der Waals surface area contributed by atoms with Crippen LogP contribution in [-0.4, -0.2) is 11.1 Å². The zero-order valence-corrected chi connectivity index (χ0v) is 11.0. The summed E-state index contributed by atoms with van der Waals surface area (Å²) in [6.07, 6.45) is 0.295. The van der Waals surface area contributed by atoms with Gasteiger partial charge in [0.25, 0.3) is 0 Å². The van der Waals surface area contributed by atoms with Gasteiger partial charge in [0, 0.05) is 6.42 Å². The molecule has 0 aliphatic rings. The molecule has 0 saturated carbocycles. The molecule has 2 rings (SSSR count). The summed E-state index contributed by atoms with van der Waals surface area (Å²) in [5.74, 6) is 0.217. The maximum Gasteiger partial charge on any atom is 0.310 e. The maximum atomic E-state index is 11.5. The number of carbonyl (C=O) groups is 1. The van der Waals surface area contributed by atoms with Gasteiger partial charge < -0.3 is 9.84 Å². The van der Waals surface area contributed by atoms with Crippen LogP contribution in [0.2, 0.25) is 0 Å². The van der Waals surface area contributed by atoms with Crippen LogP contribution >= 0.6 is 0 Å².